The third-order valence-electron chi connectivity index (χ3n) is 3.42. The van der Waals surface area contributed by atoms with Crippen LogP contribution in [-0.2, 0) is 19.1 Å². The molecule has 0 spiro atoms. The first kappa shape index (κ1) is 24.0. The van der Waals surface area contributed by atoms with Crippen LogP contribution in [0, 0.1) is 12.3 Å². The lowest BCUT2D eigenvalue weighted by molar-refractivity contribution is -0.140. The summed E-state index contributed by atoms with van der Waals surface area (Å²) >= 11 is 0.956. The van der Waals surface area contributed by atoms with Gasteiger partial charge in [-0.2, -0.15) is 13.2 Å². The number of alkyl halides is 3. The molecule has 0 aliphatic carbocycles. The van der Waals surface area contributed by atoms with Gasteiger partial charge in [0.25, 0.3) is 0 Å². The number of guanidine groups is 1. The van der Waals surface area contributed by atoms with E-state index in [2.05, 4.69) is 26.5 Å². The smallest absolute Gasteiger partial charge is 0.434 e. The van der Waals surface area contributed by atoms with Gasteiger partial charge in [-0.05, 0) is 24.1 Å². The van der Waals surface area contributed by atoms with Crippen molar-refractivity contribution in [1.82, 2.24) is 15.6 Å². The van der Waals surface area contributed by atoms with Gasteiger partial charge in [-0.25, -0.2) is 4.98 Å². The molecule has 0 amide bonds. The fourth-order valence-corrected chi connectivity index (χ4v) is 2.85. The van der Waals surface area contributed by atoms with Gasteiger partial charge in [-0.3, -0.25) is 4.99 Å². The van der Waals surface area contributed by atoms with Crippen LogP contribution < -0.4 is 15.4 Å². The molecule has 28 heavy (non-hydrogen) atoms. The third-order valence-corrected chi connectivity index (χ3v) is 4.27. The number of rotatable bonds is 7. The molecule has 152 valence electrons. The number of ether oxygens (including phenoxy) is 1. The molecule has 2 N–H and O–H groups in total. The highest BCUT2D eigenvalue weighted by Crippen LogP contribution is 2.29. The summed E-state index contributed by atoms with van der Waals surface area (Å²) in [4.78, 5) is 7.62. The van der Waals surface area contributed by atoms with E-state index in [0.29, 0.717) is 23.3 Å². The average Bonchev–Trinajstić information content (AvgIpc) is 3.13. The zero-order valence-electron chi connectivity index (χ0n) is 15.0. The Morgan fingerprint density at radius 3 is 2.57 bits per heavy atom. The Kier molecular flexibility index (Phi) is 10.1. The molecule has 5 nitrogen and oxygen atoms in total. The van der Waals surface area contributed by atoms with Crippen molar-refractivity contribution in [2.75, 3.05) is 20.2 Å². The lowest BCUT2D eigenvalue weighted by Crippen LogP contribution is -2.37. The van der Waals surface area contributed by atoms with E-state index in [0.717, 1.165) is 28.7 Å². The van der Waals surface area contributed by atoms with Crippen LogP contribution in [0.25, 0.3) is 0 Å². The Hall–Kier alpha value is -2.00. The van der Waals surface area contributed by atoms with Gasteiger partial charge < -0.3 is 15.4 Å². The number of hydrogen-bond acceptors (Lipinski definition) is 4. The van der Waals surface area contributed by atoms with E-state index in [1.54, 1.807) is 7.05 Å². The fraction of sp³-hybridized carbons (Fsp3) is 0.333. The number of nitrogens with one attached hydrogen (secondary N) is 2. The van der Waals surface area contributed by atoms with Crippen molar-refractivity contribution in [2.24, 2.45) is 4.99 Å². The topological polar surface area (TPSA) is 58.5 Å². The van der Waals surface area contributed by atoms with Crippen LogP contribution >= 0.6 is 35.3 Å². The van der Waals surface area contributed by atoms with E-state index in [9.17, 15) is 13.2 Å². The standard InChI is InChI=1S/C18H19F3N4OS.HI/c1-3-10-26-14-6-4-13(5-7-14)8-9-23-17(22-2)24-11-16-25-15(12-27-16)18(19,20)21;/h1,4-7,12H,8-11H2,2H3,(H2,22,23,24);1H. The Morgan fingerprint density at radius 2 is 2.00 bits per heavy atom. The molecule has 1 aromatic carbocycles. The second-order valence-electron chi connectivity index (χ2n) is 5.36. The van der Waals surface area contributed by atoms with Crippen LogP contribution in [0.3, 0.4) is 0 Å². The number of aromatic nitrogens is 1. The highest BCUT2D eigenvalue weighted by Gasteiger charge is 2.33. The lowest BCUT2D eigenvalue weighted by atomic mass is 10.1. The van der Waals surface area contributed by atoms with Gasteiger partial charge in [-0.1, -0.05) is 18.1 Å². The third kappa shape index (κ3) is 7.93. The van der Waals surface area contributed by atoms with E-state index >= 15 is 0 Å². The molecule has 0 saturated carbocycles. The molecule has 10 heteroatoms. The predicted molar refractivity (Wildman–Crippen MR) is 115 cm³/mol. The van der Waals surface area contributed by atoms with Crippen LogP contribution in [0.4, 0.5) is 13.2 Å². The number of aliphatic imine (C=N–C) groups is 1. The summed E-state index contributed by atoms with van der Waals surface area (Å²) in [6, 6.07) is 7.58. The van der Waals surface area contributed by atoms with Crippen LogP contribution in [-0.4, -0.2) is 31.1 Å². The second kappa shape index (κ2) is 11.8. The summed E-state index contributed by atoms with van der Waals surface area (Å²) in [6.07, 6.45) is 1.46. The highest BCUT2D eigenvalue weighted by atomic mass is 127. The van der Waals surface area contributed by atoms with Gasteiger partial charge in [0.2, 0.25) is 0 Å². The van der Waals surface area contributed by atoms with Crippen LogP contribution in [0.2, 0.25) is 0 Å². The van der Waals surface area contributed by atoms with Gasteiger partial charge in [0.1, 0.15) is 17.4 Å². The van der Waals surface area contributed by atoms with Crippen molar-refractivity contribution in [1.29, 1.82) is 0 Å². The van der Waals surface area contributed by atoms with Crippen molar-refractivity contribution < 1.29 is 17.9 Å². The molecule has 0 radical (unpaired) electrons. The maximum absolute atomic E-state index is 12.6. The summed E-state index contributed by atoms with van der Waals surface area (Å²) in [5, 5.41) is 7.40. The van der Waals surface area contributed by atoms with E-state index in [1.807, 2.05) is 24.3 Å². The second-order valence-corrected chi connectivity index (χ2v) is 6.31. The van der Waals surface area contributed by atoms with Crippen molar-refractivity contribution in [3.05, 3.63) is 45.9 Å². The summed E-state index contributed by atoms with van der Waals surface area (Å²) < 4.78 is 43.0. The minimum absolute atomic E-state index is 0. The molecule has 0 atom stereocenters. The molecule has 2 rings (SSSR count). The Labute approximate surface area is 182 Å². The number of nitrogens with zero attached hydrogens (tertiary/aromatic N) is 2. The Balaban J connectivity index is 0.00000392. The Bertz CT molecular complexity index is 800. The SMILES string of the molecule is C#CCOc1ccc(CCNC(=NC)NCc2nc(C(F)(F)F)cs2)cc1.I. The first-order valence-electron chi connectivity index (χ1n) is 8.03. The van der Waals surface area contributed by atoms with E-state index in [-0.39, 0.29) is 37.1 Å². The number of halogens is 4. The molecule has 0 saturated heterocycles. The van der Waals surface area contributed by atoms with Crippen LogP contribution in [0.5, 0.6) is 5.75 Å². The maximum Gasteiger partial charge on any atom is 0.434 e. The van der Waals surface area contributed by atoms with Gasteiger partial charge in [0, 0.05) is 19.0 Å². The largest absolute Gasteiger partial charge is 0.481 e. The summed E-state index contributed by atoms with van der Waals surface area (Å²) in [5.74, 6) is 3.61. The number of terminal acetylenes is 1. The molecule has 0 fully saturated rings. The minimum Gasteiger partial charge on any atom is -0.481 e. The monoisotopic (exact) mass is 524 g/mol. The van der Waals surface area contributed by atoms with Gasteiger partial charge in [0.05, 0.1) is 6.54 Å². The predicted octanol–water partition coefficient (Wildman–Crippen LogP) is 3.70. The lowest BCUT2D eigenvalue weighted by Gasteiger charge is -2.11. The molecular weight excluding hydrogens is 504 g/mol. The van der Waals surface area contributed by atoms with Gasteiger partial charge in [0.15, 0.2) is 11.7 Å². The van der Waals surface area contributed by atoms with Crippen molar-refractivity contribution in [2.45, 2.75) is 19.1 Å². The van der Waals surface area contributed by atoms with Crippen molar-refractivity contribution in [3.63, 3.8) is 0 Å². The number of hydrogen-bond donors (Lipinski definition) is 2. The van der Waals surface area contributed by atoms with E-state index in [4.69, 9.17) is 11.2 Å². The fourth-order valence-electron chi connectivity index (χ4n) is 2.10. The number of benzene rings is 1. The van der Waals surface area contributed by atoms with Crippen LogP contribution in [0.15, 0.2) is 34.6 Å². The molecule has 1 aromatic heterocycles. The minimum atomic E-state index is -4.42. The molecule has 0 unspecified atom stereocenters. The van der Waals surface area contributed by atoms with Crippen LogP contribution in [0.1, 0.15) is 16.3 Å². The van der Waals surface area contributed by atoms with E-state index < -0.39 is 11.9 Å². The zero-order chi connectivity index (χ0) is 19.7. The molecule has 0 bridgehead atoms. The molecule has 1 heterocycles. The van der Waals surface area contributed by atoms with Crippen molar-refractivity contribution in [3.8, 4) is 18.1 Å². The van der Waals surface area contributed by atoms with Gasteiger partial charge >= 0.3 is 6.18 Å². The summed E-state index contributed by atoms with van der Waals surface area (Å²) in [6.45, 7) is 1.00. The normalized spacial score (nSPS) is 11.3. The molecule has 0 aliphatic heterocycles. The number of thiazole rings is 1. The molecule has 2 aromatic rings. The molecular formula is C18H20F3IN4OS. The first-order chi connectivity index (χ1) is 12.9. The summed E-state index contributed by atoms with van der Waals surface area (Å²) in [5.41, 5.74) is 0.225. The Morgan fingerprint density at radius 1 is 1.29 bits per heavy atom. The highest BCUT2D eigenvalue weighted by molar-refractivity contribution is 14.0. The molecule has 0 aliphatic rings. The van der Waals surface area contributed by atoms with Gasteiger partial charge in [-0.15, -0.1) is 41.7 Å². The zero-order valence-corrected chi connectivity index (χ0v) is 18.2. The quantitative estimate of drug-likeness (QED) is 0.251. The van der Waals surface area contributed by atoms with E-state index in [1.165, 1.54) is 0 Å². The average molecular weight is 524 g/mol. The summed E-state index contributed by atoms with van der Waals surface area (Å²) in [7, 11) is 1.59. The first-order valence-corrected chi connectivity index (χ1v) is 8.91. The van der Waals surface area contributed by atoms with Crippen molar-refractivity contribution >= 4 is 41.3 Å². The maximum atomic E-state index is 12.6.